The number of piperidine rings is 1. The molecule has 5 heteroatoms. The lowest BCUT2D eigenvalue weighted by atomic mass is 9.58. The number of nitrogens with one attached hydrogen (secondary N) is 1. The SMILES string of the molecule is CCO[C@@H]1C[C@@H](O)C12CCN(CC(=O)NC)CC2. The van der Waals surface area contributed by atoms with E-state index in [4.69, 9.17) is 4.74 Å². The van der Waals surface area contributed by atoms with Crippen molar-refractivity contribution in [2.45, 2.75) is 38.4 Å². The fraction of sp³-hybridized carbons (Fsp3) is 0.923. The number of likely N-dealkylation sites (tertiary alicyclic amines) is 1. The summed E-state index contributed by atoms with van der Waals surface area (Å²) in [6.45, 7) is 4.91. The Morgan fingerprint density at radius 3 is 2.67 bits per heavy atom. The number of rotatable bonds is 4. The van der Waals surface area contributed by atoms with Gasteiger partial charge in [0, 0.05) is 25.5 Å². The number of likely N-dealkylation sites (N-methyl/N-ethyl adjacent to an activating group) is 1. The van der Waals surface area contributed by atoms with Crippen LogP contribution in [-0.2, 0) is 9.53 Å². The molecule has 1 aliphatic carbocycles. The van der Waals surface area contributed by atoms with Crippen LogP contribution in [0.4, 0.5) is 0 Å². The van der Waals surface area contributed by atoms with E-state index < -0.39 is 0 Å². The number of nitrogens with zero attached hydrogens (tertiary/aromatic N) is 1. The second kappa shape index (κ2) is 5.55. The van der Waals surface area contributed by atoms with Crippen LogP contribution in [0.2, 0.25) is 0 Å². The van der Waals surface area contributed by atoms with Gasteiger partial charge in [-0.3, -0.25) is 9.69 Å². The monoisotopic (exact) mass is 256 g/mol. The second-order valence-electron chi connectivity index (χ2n) is 5.38. The molecule has 104 valence electrons. The summed E-state index contributed by atoms with van der Waals surface area (Å²) in [5, 5.41) is 12.7. The van der Waals surface area contributed by atoms with Crippen molar-refractivity contribution in [2.75, 3.05) is 33.3 Å². The lowest BCUT2D eigenvalue weighted by Gasteiger charge is -2.56. The molecule has 1 spiro atoms. The maximum Gasteiger partial charge on any atom is 0.233 e. The van der Waals surface area contributed by atoms with E-state index in [2.05, 4.69) is 10.2 Å². The van der Waals surface area contributed by atoms with E-state index in [1.807, 2.05) is 6.92 Å². The van der Waals surface area contributed by atoms with E-state index in [1.165, 1.54) is 0 Å². The lowest BCUT2D eigenvalue weighted by Crippen LogP contribution is -2.62. The number of carbonyl (C=O) groups excluding carboxylic acids is 1. The predicted molar refractivity (Wildman–Crippen MR) is 68.2 cm³/mol. The van der Waals surface area contributed by atoms with Crippen LogP contribution in [0.1, 0.15) is 26.2 Å². The standard InChI is InChI=1S/C13H24N2O3/c1-3-18-11-8-10(16)13(11)4-6-15(7-5-13)9-12(17)14-2/h10-11,16H,3-9H2,1-2H3,(H,14,17)/t10-,11-/m1/s1. The number of hydrogen-bond donors (Lipinski definition) is 2. The second-order valence-corrected chi connectivity index (χ2v) is 5.38. The van der Waals surface area contributed by atoms with Gasteiger partial charge in [0.05, 0.1) is 18.8 Å². The molecule has 1 aliphatic heterocycles. The molecule has 2 N–H and O–H groups in total. The summed E-state index contributed by atoms with van der Waals surface area (Å²) >= 11 is 0. The van der Waals surface area contributed by atoms with Crippen LogP contribution in [0.15, 0.2) is 0 Å². The quantitative estimate of drug-likeness (QED) is 0.742. The van der Waals surface area contributed by atoms with Crippen molar-refractivity contribution in [1.29, 1.82) is 0 Å². The highest BCUT2D eigenvalue weighted by atomic mass is 16.5. The van der Waals surface area contributed by atoms with E-state index in [0.29, 0.717) is 13.2 Å². The summed E-state index contributed by atoms with van der Waals surface area (Å²) in [5.41, 5.74) is -0.0464. The molecule has 1 amide bonds. The van der Waals surface area contributed by atoms with E-state index in [0.717, 1.165) is 32.4 Å². The molecule has 2 rings (SSSR count). The average molecular weight is 256 g/mol. The minimum absolute atomic E-state index is 0.0464. The highest BCUT2D eigenvalue weighted by Gasteiger charge is 2.55. The van der Waals surface area contributed by atoms with Crippen LogP contribution in [0, 0.1) is 5.41 Å². The van der Waals surface area contributed by atoms with E-state index >= 15 is 0 Å². The van der Waals surface area contributed by atoms with Crippen molar-refractivity contribution in [3.05, 3.63) is 0 Å². The van der Waals surface area contributed by atoms with Crippen molar-refractivity contribution in [2.24, 2.45) is 5.41 Å². The van der Waals surface area contributed by atoms with Crippen LogP contribution >= 0.6 is 0 Å². The van der Waals surface area contributed by atoms with Crippen LogP contribution in [0.5, 0.6) is 0 Å². The van der Waals surface area contributed by atoms with Crippen molar-refractivity contribution in [1.82, 2.24) is 10.2 Å². The molecular weight excluding hydrogens is 232 g/mol. The Balaban J connectivity index is 1.86. The number of aliphatic hydroxyl groups is 1. The number of hydrogen-bond acceptors (Lipinski definition) is 4. The van der Waals surface area contributed by atoms with Gasteiger partial charge >= 0.3 is 0 Å². The normalized spacial score (nSPS) is 31.1. The molecule has 0 bridgehead atoms. The topological polar surface area (TPSA) is 61.8 Å². The van der Waals surface area contributed by atoms with Gasteiger partial charge in [0.15, 0.2) is 0 Å². The van der Waals surface area contributed by atoms with Gasteiger partial charge in [-0.2, -0.15) is 0 Å². The van der Waals surface area contributed by atoms with E-state index in [9.17, 15) is 9.90 Å². The van der Waals surface area contributed by atoms with Gasteiger partial charge in [-0.25, -0.2) is 0 Å². The van der Waals surface area contributed by atoms with Gasteiger partial charge in [-0.05, 0) is 32.9 Å². The fourth-order valence-corrected chi connectivity index (χ4v) is 3.23. The molecule has 1 saturated heterocycles. The zero-order valence-corrected chi connectivity index (χ0v) is 11.3. The van der Waals surface area contributed by atoms with Gasteiger partial charge in [0.25, 0.3) is 0 Å². The average Bonchev–Trinajstić information content (AvgIpc) is 2.39. The number of carbonyl (C=O) groups is 1. The van der Waals surface area contributed by atoms with Crippen molar-refractivity contribution < 1.29 is 14.6 Å². The zero-order chi connectivity index (χ0) is 13.2. The first-order chi connectivity index (χ1) is 8.62. The Labute approximate surface area is 108 Å². The Morgan fingerprint density at radius 1 is 1.50 bits per heavy atom. The lowest BCUT2D eigenvalue weighted by molar-refractivity contribution is -0.209. The zero-order valence-electron chi connectivity index (χ0n) is 11.3. The molecule has 0 aromatic heterocycles. The highest BCUT2D eigenvalue weighted by Crippen LogP contribution is 2.50. The van der Waals surface area contributed by atoms with Gasteiger partial charge in [-0.1, -0.05) is 0 Å². The predicted octanol–water partition coefficient (Wildman–Crippen LogP) is -0.0157. The summed E-state index contributed by atoms with van der Waals surface area (Å²) < 4.78 is 5.72. The van der Waals surface area contributed by atoms with Gasteiger partial charge in [0.1, 0.15) is 0 Å². The van der Waals surface area contributed by atoms with Crippen molar-refractivity contribution in [3.63, 3.8) is 0 Å². The van der Waals surface area contributed by atoms with E-state index in [1.54, 1.807) is 7.05 Å². The first kappa shape index (κ1) is 13.8. The third kappa shape index (κ3) is 2.39. The van der Waals surface area contributed by atoms with Crippen LogP contribution < -0.4 is 5.32 Å². The molecule has 0 aromatic carbocycles. The molecule has 18 heavy (non-hydrogen) atoms. The third-order valence-electron chi connectivity index (χ3n) is 4.54. The maximum atomic E-state index is 11.3. The number of ether oxygens (including phenoxy) is 1. The molecule has 2 fully saturated rings. The van der Waals surface area contributed by atoms with Gasteiger partial charge in [0.2, 0.25) is 5.91 Å². The summed E-state index contributed by atoms with van der Waals surface area (Å²) in [7, 11) is 1.66. The van der Waals surface area contributed by atoms with E-state index in [-0.39, 0.29) is 23.5 Å². The summed E-state index contributed by atoms with van der Waals surface area (Å²) in [5.74, 6) is 0.0569. The summed E-state index contributed by atoms with van der Waals surface area (Å²) in [6, 6.07) is 0. The molecule has 1 heterocycles. The Morgan fingerprint density at radius 2 is 2.17 bits per heavy atom. The molecule has 2 atom stereocenters. The first-order valence-corrected chi connectivity index (χ1v) is 6.85. The third-order valence-corrected chi connectivity index (χ3v) is 4.54. The Hall–Kier alpha value is -0.650. The molecular formula is C13H24N2O3. The molecule has 1 saturated carbocycles. The van der Waals surface area contributed by atoms with Gasteiger partial charge in [-0.15, -0.1) is 0 Å². The van der Waals surface area contributed by atoms with Crippen molar-refractivity contribution in [3.8, 4) is 0 Å². The summed E-state index contributed by atoms with van der Waals surface area (Å²) in [4.78, 5) is 13.5. The van der Waals surface area contributed by atoms with Crippen LogP contribution in [0.25, 0.3) is 0 Å². The molecule has 2 aliphatic rings. The number of amides is 1. The molecule has 5 nitrogen and oxygen atoms in total. The summed E-state index contributed by atoms with van der Waals surface area (Å²) in [6.07, 6.45) is 2.60. The Bertz CT molecular complexity index is 299. The van der Waals surface area contributed by atoms with Crippen LogP contribution in [-0.4, -0.2) is 61.4 Å². The largest absolute Gasteiger partial charge is 0.392 e. The maximum absolute atomic E-state index is 11.3. The van der Waals surface area contributed by atoms with Gasteiger partial charge < -0.3 is 15.2 Å². The minimum Gasteiger partial charge on any atom is -0.392 e. The van der Waals surface area contributed by atoms with Crippen LogP contribution in [0.3, 0.4) is 0 Å². The fourth-order valence-electron chi connectivity index (χ4n) is 3.23. The highest BCUT2D eigenvalue weighted by molar-refractivity contribution is 5.77. The smallest absolute Gasteiger partial charge is 0.233 e. The molecule has 0 unspecified atom stereocenters. The Kier molecular flexibility index (Phi) is 4.25. The molecule has 0 radical (unpaired) electrons. The number of aliphatic hydroxyl groups excluding tert-OH is 1. The van der Waals surface area contributed by atoms with Crippen molar-refractivity contribution >= 4 is 5.91 Å². The minimum atomic E-state index is -0.226. The first-order valence-electron chi connectivity index (χ1n) is 6.85. The molecule has 0 aromatic rings.